The van der Waals surface area contributed by atoms with Gasteiger partial charge < -0.3 is 9.84 Å². The van der Waals surface area contributed by atoms with Gasteiger partial charge in [-0.2, -0.15) is 0 Å². The lowest BCUT2D eigenvalue weighted by molar-refractivity contribution is -0.108. The topological polar surface area (TPSA) is 29.5 Å². The maximum Gasteiger partial charge on any atom is 0.0945 e. The standard InChI is InChI=1S/C15H22O2/c1-4-13-10-15(16,7-8-17-13)14-9-11(2)5-6-12(14)3/h5-6,9,13,16H,4,7-8,10H2,1-3H3. The molecular weight excluding hydrogens is 212 g/mol. The molecule has 1 fully saturated rings. The Bertz CT molecular complexity index is 400. The number of aliphatic hydroxyl groups is 1. The van der Waals surface area contributed by atoms with Crippen LogP contribution < -0.4 is 0 Å². The van der Waals surface area contributed by atoms with Crippen molar-refractivity contribution < 1.29 is 9.84 Å². The summed E-state index contributed by atoms with van der Waals surface area (Å²) in [6, 6.07) is 6.31. The third-order valence-corrected chi connectivity index (χ3v) is 3.78. The second kappa shape index (κ2) is 4.79. The first kappa shape index (κ1) is 12.6. The van der Waals surface area contributed by atoms with E-state index < -0.39 is 5.60 Å². The summed E-state index contributed by atoms with van der Waals surface area (Å²) in [6.45, 7) is 6.91. The minimum absolute atomic E-state index is 0.189. The summed E-state index contributed by atoms with van der Waals surface area (Å²) in [5.74, 6) is 0. The minimum Gasteiger partial charge on any atom is -0.385 e. The lowest BCUT2D eigenvalue weighted by atomic mass is 9.80. The summed E-state index contributed by atoms with van der Waals surface area (Å²) < 4.78 is 5.65. The molecule has 1 aromatic carbocycles. The molecule has 1 saturated heterocycles. The van der Waals surface area contributed by atoms with Crippen LogP contribution in [0.25, 0.3) is 0 Å². The molecule has 0 amide bonds. The highest BCUT2D eigenvalue weighted by Gasteiger charge is 2.36. The molecule has 2 unspecified atom stereocenters. The number of hydrogen-bond acceptors (Lipinski definition) is 2. The van der Waals surface area contributed by atoms with Gasteiger partial charge in [-0.15, -0.1) is 0 Å². The number of ether oxygens (including phenoxy) is 1. The summed E-state index contributed by atoms with van der Waals surface area (Å²) >= 11 is 0. The van der Waals surface area contributed by atoms with E-state index in [4.69, 9.17) is 4.74 Å². The Balaban J connectivity index is 2.33. The molecule has 2 nitrogen and oxygen atoms in total. The molecule has 1 aromatic rings. The van der Waals surface area contributed by atoms with Gasteiger partial charge >= 0.3 is 0 Å². The van der Waals surface area contributed by atoms with E-state index in [1.165, 1.54) is 11.1 Å². The lowest BCUT2D eigenvalue weighted by Crippen LogP contribution is -2.38. The van der Waals surface area contributed by atoms with E-state index in [-0.39, 0.29) is 6.10 Å². The molecule has 0 saturated carbocycles. The zero-order chi connectivity index (χ0) is 12.5. The molecule has 1 aliphatic rings. The normalized spacial score (nSPS) is 29.3. The quantitative estimate of drug-likeness (QED) is 0.852. The number of rotatable bonds is 2. The van der Waals surface area contributed by atoms with Crippen LogP contribution >= 0.6 is 0 Å². The highest BCUT2D eigenvalue weighted by Crippen LogP contribution is 2.37. The van der Waals surface area contributed by atoms with Crippen LogP contribution in [-0.4, -0.2) is 17.8 Å². The molecule has 0 spiro atoms. The van der Waals surface area contributed by atoms with Gasteiger partial charge in [0, 0.05) is 12.8 Å². The molecule has 0 aliphatic carbocycles. The molecule has 0 aromatic heterocycles. The second-order valence-corrected chi connectivity index (χ2v) is 5.21. The second-order valence-electron chi connectivity index (χ2n) is 5.21. The van der Waals surface area contributed by atoms with Gasteiger partial charge in [-0.05, 0) is 31.4 Å². The molecule has 0 bridgehead atoms. The van der Waals surface area contributed by atoms with Crippen LogP contribution in [0, 0.1) is 13.8 Å². The fourth-order valence-corrected chi connectivity index (χ4v) is 2.68. The summed E-state index contributed by atoms with van der Waals surface area (Å²) in [4.78, 5) is 0. The molecule has 0 radical (unpaired) electrons. The minimum atomic E-state index is -0.699. The molecule has 94 valence electrons. The van der Waals surface area contributed by atoms with Crippen LogP contribution in [0.3, 0.4) is 0 Å². The number of hydrogen-bond donors (Lipinski definition) is 1. The van der Waals surface area contributed by atoms with Crippen molar-refractivity contribution in [3.05, 3.63) is 34.9 Å². The summed E-state index contributed by atoms with van der Waals surface area (Å²) in [6.07, 6.45) is 2.57. The predicted octanol–water partition coefficient (Wildman–Crippen LogP) is 3.08. The van der Waals surface area contributed by atoms with Crippen LogP contribution in [0.1, 0.15) is 42.9 Å². The zero-order valence-corrected chi connectivity index (χ0v) is 11.0. The molecular formula is C15H22O2. The Morgan fingerprint density at radius 2 is 2.18 bits per heavy atom. The summed E-state index contributed by atoms with van der Waals surface area (Å²) in [7, 11) is 0. The van der Waals surface area contributed by atoms with Gasteiger partial charge in [0.25, 0.3) is 0 Å². The van der Waals surface area contributed by atoms with Crippen molar-refractivity contribution in [3.8, 4) is 0 Å². The van der Waals surface area contributed by atoms with Crippen molar-refractivity contribution in [3.63, 3.8) is 0 Å². The van der Waals surface area contributed by atoms with Gasteiger partial charge in [0.15, 0.2) is 0 Å². The van der Waals surface area contributed by atoms with E-state index in [9.17, 15) is 5.11 Å². The lowest BCUT2D eigenvalue weighted by Gasteiger charge is -2.38. The maximum atomic E-state index is 10.9. The Morgan fingerprint density at radius 1 is 1.41 bits per heavy atom. The van der Waals surface area contributed by atoms with Crippen molar-refractivity contribution in [1.29, 1.82) is 0 Å². The molecule has 1 heterocycles. The molecule has 2 atom stereocenters. The zero-order valence-electron chi connectivity index (χ0n) is 11.0. The van der Waals surface area contributed by atoms with Crippen molar-refractivity contribution in [2.75, 3.05) is 6.61 Å². The fraction of sp³-hybridized carbons (Fsp3) is 0.600. The van der Waals surface area contributed by atoms with E-state index in [1.807, 2.05) is 0 Å². The molecule has 1 aliphatic heterocycles. The van der Waals surface area contributed by atoms with Crippen LogP contribution in [0.15, 0.2) is 18.2 Å². The first-order valence-corrected chi connectivity index (χ1v) is 6.47. The van der Waals surface area contributed by atoms with Gasteiger partial charge in [-0.3, -0.25) is 0 Å². The van der Waals surface area contributed by atoms with Crippen molar-refractivity contribution in [1.82, 2.24) is 0 Å². The average molecular weight is 234 g/mol. The largest absolute Gasteiger partial charge is 0.385 e. The third kappa shape index (κ3) is 2.53. The van der Waals surface area contributed by atoms with Crippen molar-refractivity contribution in [2.45, 2.75) is 51.7 Å². The Kier molecular flexibility index (Phi) is 3.55. The molecule has 17 heavy (non-hydrogen) atoms. The number of benzene rings is 1. The highest BCUT2D eigenvalue weighted by molar-refractivity contribution is 5.35. The highest BCUT2D eigenvalue weighted by atomic mass is 16.5. The summed E-state index contributed by atoms with van der Waals surface area (Å²) in [5, 5.41) is 10.9. The van der Waals surface area contributed by atoms with E-state index >= 15 is 0 Å². The van der Waals surface area contributed by atoms with E-state index in [0.717, 1.165) is 12.0 Å². The Hall–Kier alpha value is -0.860. The van der Waals surface area contributed by atoms with Gasteiger partial charge in [0.2, 0.25) is 0 Å². The SMILES string of the molecule is CCC1CC(O)(c2cc(C)ccc2C)CCO1. The van der Waals surface area contributed by atoms with E-state index in [0.29, 0.717) is 19.4 Å². The number of aryl methyl sites for hydroxylation is 2. The Labute approximate surface area is 104 Å². The third-order valence-electron chi connectivity index (χ3n) is 3.78. The smallest absolute Gasteiger partial charge is 0.0945 e. The Morgan fingerprint density at radius 3 is 2.88 bits per heavy atom. The van der Waals surface area contributed by atoms with E-state index in [1.54, 1.807) is 0 Å². The van der Waals surface area contributed by atoms with Gasteiger partial charge in [-0.1, -0.05) is 30.7 Å². The molecule has 2 rings (SSSR count). The van der Waals surface area contributed by atoms with Crippen molar-refractivity contribution >= 4 is 0 Å². The maximum absolute atomic E-state index is 10.9. The van der Waals surface area contributed by atoms with Crippen molar-refractivity contribution in [2.24, 2.45) is 0 Å². The average Bonchev–Trinajstić information content (AvgIpc) is 2.32. The summed E-state index contributed by atoms with van der Waals surface area (Å²) in [5.41, 5.74) is 2.77. The van der Waals surface area contributed by atoms with E-state index in [2.05, 4.69) is 39.0 Å². The van der Waals surface area contributed by atoms with Gasteiger partial charge in [0.05, 0.1) is 18.3 Å². The predicted molar refractivity (Wildman–Crippen MR) is 69.1 cm³/mol. The molecule has 2 heteroatoms. The first-order chi connectivity index (χ1) is 8.05. The molecule has 1 N–H and O–H groups in total. The fourth-order valence-electron chi connectivity index (χ4n) is 2.68. The van der Waals surface area contributed by atoms with Crippen LogP contribution in [0.5, 0.6) is 0 Å². The van der Waals surface area contributed by atoms with Gasteiger partial charge in [0.1, 0.15) is 0 Å². The van der Waals surface area contributed by atoms with Gasteiger partial charge in [-0.25, -0.2) is 0 Å². The van der Waals surface area contributed by atoms with Crippen LogP contribution in [0.4, 0.5) is 0 Å². The van der Waals surface area contributed by atoms with Crippen LogP contribution in [0.2, 0.25) is 0 Å². The van der Waals surface area contributed by atoms with Crippen LogP contribution in [-0.2, 0) is 10.3 Å². The monoisotopic (exact) mass is 234 g/mol. The first-order valence-electron chi connectivity index (χ1n) is 6.47.